The number of carbonyl (C=O) groups is 3. The molecule has 3 saturated heterocycles. The minimum Gasteiger partial charge on any atom is -0.481 e. The van der Waals surface area contributed by atoms with Crippen LogP contribution in [0.2, 0.25) is 5.02 Å². The first-order valence-corrected chi connectivity index (χ1v) is 11.2. The third-order valence-corrected chi connectivity index (χ3v) is 7.30. The maximum absolute atomic E-state index is 14.1. The summed E-state index contributed by atoms with van der Waals surface area (Å²) in [5, 5.41) is 20.3. The number of likely N-dealkylation sites (tertiary alicyclic amines) is 1. The minimum atomic E-state index is -1.23. The third-order valence-electron chi connectivity index (χ3n) is 7.05. The van der Waals surface area contributed by atoms with Crippen LogP contribution in [0.4, 0.5) is 5.69 Å². The van der Waals surface area contributed by atoms with Crippen molar-refractivity contribution in [1.29, 1.82) is 0 Å². The molecule has 3 fully saturated rings. The van der Waals surface area contributed by atoms with Gasteiger partial charge in [-0.1, -0.05) is 24.6 Å². The number of amides is 2. The molecule has 32 heavy (non-hydrogen) atoms. The van der Waals surface area contributed by atoms with Gasteiger partial charge in [0.05, 0.1) is 30.6 Å². The summed E-state index contributed by atoms with van der Waals surface area (Å²) in [6.45, 7) is 5.41. The Labute approximate surface area is 191 Å². The van der Waals surface area contributed by atoms with E-state index in [1.54, 1.807) is 30.3 Å². The number of hydrogen-bond donors (Lipinski definition) is 2. The van der Waals surface area contributed by atoms with E-state index < -0.39 is 47.5 Å². The summed E-state index contributed by atoms with van der Waals surface area (Å²) in [6.07, 6.45) is 2.28. The highest BCUT2D eigenvalue weighted by atomic mass is 35.5. The average molecular weight is 463 g/mol. The van der Waals surface area contributed by atoms with Crippen LogP contribution in [0.15, 0.2) is 36.9 Å². The highest BCUT2D eigenvalue weighted by molar-refractivity contribution is 6.30. The van der Waals surface area contributed by atoms with Crippen molar-refractivity contribution in [3.05, 3.63) is 41.9 Å². The Balaban J connectivity index is 1.82. The molecule has 1 spiro atoms. The highest BCUT2D eigenvalue weighted by Crippen LogP contribution is 2.59. The van der Waals surface area contributed by atoms with Crippen molar-refractivity contribution in [1.82, 2.24) is 4.90 Å². The molecule has 3 aliphatic rings. The summed E-state index contributed by atoms with van der Waals surface area (Å²) in [5.41, 5.74) is -0.651. The molecule has 2 amide bonds. The Hall–Kier alpha value is -2.42. The smallest absolute Gasteiger partial charge is 0.310 e. The Morgan fingerprint density at radius 2 is 2.09 bits per heavy atom. The number of ether oxygens (including phenoxy) is 1. The van der Waals surface area contributed by atoms with Crippen molar-refractivity contribution >= 4 is 35.1 Å². The molecule has 0 aromatic heterocycles. The fourth-order valence-electron chi connectivity index (χ4n) is 5.68. The van der Waals surface area contributed by atoms with E-state index in [4.69, 9.17) is 16.3 Å². The molecule has 8 nitrogen and oxygen atoms in total. The van der Waals surface area contributed by atoms with Crippen LogP contribution in [0, 0.1) is 11.8 Å². The van der Waals surface area contributed by atoms with Gasteiger partial charge in [0.2, 0.25) is 5.91 Å². The topological polar surface area (TPSA) is 107 Å². The first-order chi connectivity index (χ1) is 15.3. The zero-order chi connectivity index (χ0) is 23.2. The second-order valence-electron chi connectivity index (χ2n) is 8.60. The van der Waals surface area contributed by atoms with Gasteiger partial charge in [0.15, 0.2) is 0 Å². The maximum atomic E-state index is 14.1. The monoisotopic (exact) mass is 462 g/mol. The number of nitrogens with zero attached hydrogens (tertiary/aromatic N) is 2. The number of halogens is 1. The van der Waals surface area contributed by atoms with Crippen molar-refractivity contribution in [2.24, 2.45) is 11.8 Å². The van der Waals surface area contributed by atoms with Crippen molar-refractivity contribution in [3.8, 4) is 0 Å². The van der Waals surface area contributed by atoms with Crippen LogP contribution in [0.25, 0.3) is 0 Å². The van der Waals surface area contributed by atoms with Crippen LogP contribution < -0.4 is 4.90 Å². The lowest BCUT2D eigenvalue weighted by molar-refractivity contribution is -0.151. The number of aliphatic hydroxyl groups excluding tert-OH is 1. The van der Waals surface area contributed by atoms with Crippen LogP contribution in [-0.4, -0.2) is 69.8 Å². The van der Waals surface area contributed by atoms with Crippen molar-refractivity contribution in [2.45, 2.75) is 50.0 Å². The summed E-state index contributed by atoms with van der Waals surface area (Å²) in [5.74, 6) is -3.88. The Kier molecular flexibility index (Phi) is 6.04. The lowest BCUT2D eigenvalue weighted by Gasteiger charge is -2.39. The maximum Gasteiger partial charge on any atom is 0.310 e. The van der Waals surface area contributed by atoms with Crippen LogP contribution in [0.5, 0.6) is 0 Å². The first-order valence-electron chi connectivity index (χ1n) is 10.8. The summed E-state index contributed by atoms with van der Waals surface area (Å²) >= 11 is 6.01. The van der Waals surface area contributed by atoms with Gasteiger partial charge in [0, 0.05) is 17.3 Å². The van der Waals surface area contributed by atoms with Gasteiger partial charge in [-0.15, -0.1) is 6.58 Å². The Morgan fingerprint density at radius 3 is 2.66 bits per heavy atom. The summed E-state index contributed by atoms with van der Waals surface area (Å²) in [7, 11) is 0. The fourth-order valence-corrected chi connectivity index (χ4v) is 5.81. The number of hydrogen-bond acceptors (Lipinski definition) is 5. The summed E-state index contributed by atoms with van der Waals surface area (Å²) < 4.78 is 6.20. The summed E-state index contributed by atoms with van der Waals surface area (Å²) in [6, 6.07) is 5.08. The van der Waals surface area contributed by atoms with Crippen LogP contribution in [-0.2, 0) is 19.1 Å². The largest absolute Gasteiger partial charge is 0.481 e. The molecule has 2 bridgehead atoms. The predicted octanol–water partition coefficient (Wildman–Crippen LogP) is 2.09. The molecule has 0 aliphatic carbocycles. The number of anilines is 1. The van der Waals surface area contributed by atoms with Crippen molar-refractivity contribution in [3.63, 3.8) is 0 Å². The molecule has 9 heteroatoms. The number of benzene rings is 1. The molecule has 3 aliphatic heterocycles. The van der Waals surface area contributed by atoms with E-state index in [0.717, 1.165) is 0 Å². The van der Waals surface area contributed by atoms with E-state index in [1.165, 1.54) is 9.80 Å². The van der Waals surface area contributed by atoms with E-state index >= 15 is 0 Å². The number of carboxylic acids is 1. The minimum absolute atomic E-state index is 0.182. The van der Waals surface area contributed by atoms with Gasteiger partial charge in [-0.2, -0.15) is 0 Å². The molecular formula is C23H27ClN2O6. The second-order valence-corrected chi connectivity index (χ2v) is 9.03. The SMILES string of the molecule is C=CCN(C(=O)[C@@H]1N([C@@H](CC)CO)C(=O)[C@H]2[C@H](C(=O)O)[C@@H]3CC[C@]12O3)c1ccc(Cl)cc1. The van der Waals surface area contributed by atoms with Gasteiger partial charge in [-0.05, 0) is 43.5 Å². The van der Waals surface area contributed by atoms with E-state index in [0.29, 0.717) is 30.0 Å². The molecule has 3 heterocycles. The standard InChI is InChI=1S/C23H27ClN2O6/c1-3-11-25(15-7-5-13(24)6-8-15)21(29)19-23-10-9-16(32-23)17(22(30)31)18(23)20(28)26(19)14(4-2)12-27/h3,5-8,14,16-19,27H,1,4,9-12H2,2H3,(H,30,31)/t14-,16-,17+,18+,19-,23+/m0/s1. The molecular weight excluding hydrogens is 436 g/mol. The quantitative estimate of drug-likeness (QED) is 0.573. The van der Waals surface area contributed by atoms with Crippen LogP contribution in [0.1, 0.15) is 26.2 Å². The van der Waals surface area contributed by atoms with E-state index in [2.05, 4.69) is 6.58 Å². The van der Waals surface area contributed by atoms with Gasteiger partial charge in [0.25, 0.3) is 5.91 Å². The lowest BCUT2D eigenvalue weighted by Crippen LogP contribution is -2.59. The number of fused-ring (bicyclic) bond motifs is 1. The molecule has 1 aromatic carbocycles. The van der Waals surface area contributed by atoms with E-state index in [-0.39, 0.29) is 19.1 Å². The molecule has 2 N–H and O–H groups in total. The van der Waals surface area contributed by atoms with Gasteiger partial charge >= 0.3 is 5.97 Å². The van der Waals surface area contributed by atoms with Gasteiger partial charge in [-0.25, -0.2) is 0 Å². The van der Waals surface area contributed by atoms with Crippen molar-refractivity contribution < 1.29 is 29.3 Å². The molecule has 0 unspecified atom stereocenters. The lowest BCUT2D eigenvalue weighted by atomic mass is 9.70. The van der Waals surface area contributed by atoms with Crippen molar-refractivity contribution in [2.75, 3.05) is 18.1 Å². The van der Waals surface area contributed by atoms with Gasteiger partial charge in [-0.3, -0.25) is 14.4 Å². The Morgan fingerprint density at radius 1 is 1.41 bits per heavy atom. The number of aliphatic hydroxyl groups is 1. The molecule has 172 valence electrons. The number of rotatable bonds is 8. The molecule has 4 rings (SSSR count). The molecule has 1 aromatic rings. The normalized spacial score (nSPS) is 31.5. The predicted molar refractivity (Wildman–Crippen MR) is 117 cm³/mol. The number of aliphatic carboxylic acids is 1. The van der Waals surface area contributed by atoms with Gasteiger partial charge in [0.1, 0.15) is 11.6 Å². The van der Waals surface area contributed by atoms with E-state index in [9.17, 15) is 24.6 Å². The molecule has 6 atom stereocenters. The third kappa shape index (κ3) is 3.24. The fraction of sp³-hybridized carbons (Fsp3) is 0.522. The first kappa shape index (κ1) is 22.8. The number of carbonyl (C=O) groups excluding carboxylic acids is 2. The number of carboxylic acid groups (broad SMARTS) is 1. The Bertz CT molecular complexity index is 933. The molecule has 0 saturated carbocycles. The van der Waals surface area contributed by atoms with Crippen LogP contribution in [0.3, 0.4) is 0 Å². The molecule has 0 radical (unpaired) electrons. The summed E-state index contributed by atoms with van der Waals surface area (Å²) in [4.78, 5) is 42.6. The second kappa shape index (κ2) is 8.50. The van der Waals surface area contributed by atoms with Crippen LogP contribution >= 0.6 is 11.6 Å². The zero-order valence-corrected chi connectivity index (χ0v) is 18.6. The average Bonchev–Trinajstić information content (AvgIpc) is 3.41. The highest BCUT2D eigenvalue weighted by Gasteiger charge is 2.75. The van der Waals surface area contributed by atoms with E-state index in [1.807, 2.05) is 6.92 Å². The zero-order valence-electron chi connectivity index (χ0n) is 17.8. The van der Waals surface area contributed by atoms with Gasteiger partial charge < -0.3 is 24.7 Å².